The molecule has 0 N–H and O–H groups in total. The molecule has 0 unspecified atom stereocenters. The van der Waals surface area contributed by atoms with Crippen LogP contribution >= 0.6 is 0 Å². The van der Waals surface area contributed by atoms with Gasteiger partial charge in [0.2, 0.25) is 0 Å². The number of rotatable bonds is 5. The molecule has 3 aliphatic rings. The predicted molar refractivity (Wildman–Crippen MR) is 247 cm³/mol. The number of hydrogen-bond acceptors (Lipinski definition) is 3. The van der Waals surface area contributed by atoms with Crippen molar-refractivity contribution in [1.29, 1.82) is 0 Å². The highest BCUT2D eigenvalue weighted by Crippen LogP contribution is 2.52. The first-order valence-corrected chi connectivity index (χ1v) is 20.6. The van der Waals surface area contributed by atoms with Gasteiger partial charge in [-0.2, -0.15) is 0 Å². The van der Waals surface area contributed by atoms with Crippen molar-refractivity contribution in [2.75, 3.05) is 14.7 Å². The topological polar surface area (TPSA) is 9.72 Å². The second-order valence-corrected chi connectivity index (χ2v) is 16.8. The zero-order valence-electron chi connectivity index (χ0n) is 33.4. The molecule has 0 atom stereocenters. The summed E-state index contributed by atoms with van der Waals surface area (Å²) in [5.41, 5.74) is 21.2. The summed E-state index contributed by atoms with van der Waals surface area (Å²) in [6.45, 7) is 9.41. The first-order valence-electron chi connectivity index (χ1n) is 20.6. The molecule has 0 bridgehead atoms. The molecule has 8 aromatic rings. The normalized spacial score (nSPS) is 14.4. The van der Waals surface area contributed by atoms with Gasteiger partial charge in [0.25, 0.3) is 6.71 Å². The Labute approximate surface area is 342 Å². The molecule has 11 rings (SSSR count). The van der Waals surface area contributed by atoms with Crippen LogP contribution in [0.4, 0.5) is 51.2 Å². The zero-order valence-corrected chi connectivity index (χ0v) is 33.4. The predicted octanol–water partition coefficient (Wildman–Crippen LogP) is 12.7. The van der Waals surface area contributed by atoms with E-state index in [4.69, 9.17) is 0 Å². The third-order valence-electron chi connectivity index (χ3n) is 12.8. The fourth-order valence-electron chi connectivity index (χ4n) is 9.96. The Morgan fingerprint density at radius 1 is 0.397 bits per heavy atom. The smallest absolute Gasteiger partial charge is 0.252 e. The Hall–Kier alpha value is -6.78. The number of nitrogens with zero attached hydrogens (tertiary/aromatic N) is 3. The number of benzene rings is 8. The van der Waals surface area contributed by atoms with Gasteiger partial charge >= 0.3 is 0 Å². The van der Waals surface area contributed by atoms with Gasteiger partial charge in [0.05, 0.1) is 11.4 Å². The van der Waals surface area contributed by atoms with E-state index in [2.05, 4.69) is 230 Å². The van der Waals surface area contributed by atoms with Gasteiger partial charge in [-0.3, -0.25) is 0 Å². The Morgan fingerprint density at radius 2 is 0.845 bits per heavy atom. The zero-order chi connectivity index (χ0) is 39.1. The molecule has 3 heterocycles. The fourth-order valence-corrected chi connectivity index (χ4v) is 9.96. The minimum atomic E-state index is -0.104. The summed E-state index contributed by atoms with van der Waals surface area (Å²) >= 11 is 0. The van der Waals surface area contributed by atoms with Crippen molar-refractivity contribution in [2.45, 2.75) is 39.0 Å². The van der Waals surface area contributed by atoms with Crippen LogP contribution in [-0.4, -0.2) is 6.71 Å². The van der Waals surface area contributed by atoms with Gasteiger partial charge in [0.15, 0.2) is 0 Å². The maximum absolute atomic E-state index is 2.52. The van der Waals surface area contributed by atoms with Crippen LogP contribution in [-0.2, 0) is 5.41 Å². The molecule has 0 radical (unpaired) electrons. The van der Waals surface area contributed by atoms with Crippen LogP contribution in [0.2, 0.25) is 0 Å². The van der Waals surface area contributed by atoms with E-state index in [-0.39, 0.29) is 12.1 Å². The minimum absolute atomic E-state index is 0.0902. The van der Waals surface area contributed by atoms with E-state index < -0.39 is 0 Å². The highest BCUT2D eigenvalue weighted by Gasteiger charge is 2.43. The van der Waals surface area contributed by atoms with Crippen LogP contribution in [0.15, 0.2) is 188 Å². The molecular formula is C54H44BN3. The van der Waals surface area contributed by atoms with Gasteiger partial charge in [-0.1, -0.05) is 143 Å². The van der Waals surface area contributed by atoms with Crippen LogP contribution in [0.25, 0.3) is 11.1 Å². The average molecular weight is 746 g/mol. The van der Waals surface area contributed by atoms with Crippen LogP contribution in [0.3, 0.4) is 0 Å². The third kappa shape index (κ3) is 5.14. The van der Waals surface area contributed by atoms with Crippen LogP contribution in [0.1, 0.15) is 50.3 Å². The van der Waals surface area contributed by atoms with E-state index >= 15 is 0 Å². The largest absolute Gasteiger partial charge is 0.311 e. The second kappa shape index (κ2) is 13.1. The van der Waals surface area contributed by atoms with Gasteiger partial charge in [0.1, 0.15) is 0 Å². The molecule has 0 amide bonds. The van der Waals surface area contributed by atoms with Crippen molar-refractivity contribution in [3.63, 3.8) is 0 Å². The van der Waals surface area contributed by atoms with Crippen molar-refractivity contribution >= 4 is 74.3 Å². The maximum atomic E-state index is 2.52. The number of fused-ring (bicyclic) bond motifs is 6. The SMILES string of the molecule is CC(C)c1cc2c3c(c1)N(c1cccc(-c4ccccc4)c1)c1ccccc1B3c1ccccc1N2c1ccc(N2c3ccccc3C(C)(C)c3ccccc32)cc1. The lowest BCUT2D eigenvalue weighted by Gasteiger charge is -2.44. The molecule has 8 aromatic carbocycles. The summed E-state index contributed by atoms with van der Waals surface area (Å²) in [7, 11) is 0. The summed E-state index contributed by atoms with van der Waals surface area (Å²) in [4.78, 5) is 7.48. The van der Waals surface area contributed by atoms with E-state index in [1.54, 1.807) is 0 Å². The van der Waals surface area contributed by atoms with Crippen molar-refractivity contribution in [3.05, 3.63) is 205 Å². The molecule has 0 saturated heterocycles. The first-order chi connectivity index (χ1) is 28.4. The van der Waals surface area contributed by atoms with Crippen molar-refractivity contribution in [1.82, 2.24) is 0 Å². The van der Waals surface area contributed by atoms with Crippen molar-refractivity contribution in [2.24, 2.45) is 0 Å². The first kappa shape index (κ1) is 34.5. The number of hydrogen-bond donors (Lipinski definition) is 0. The summed E-state index contributed by atoms with van der Waals surface area (Å²) in [5, 5.41) is 0. The van der Waals surface area contributed by atoms with Crippen LogP contribution < -0.4 is 31.1 Å². The molecule has 4 heteroatoms. The van der Waals surface area contributed by atoms with Gasteiger partial charge in [-0.15, -0.1) is 0 Å². The maximum Gasteiger partial charge on any atom is 0.252 e. The molecule has 278 valence electrons. The van der Waals surface area contributed by atoms with E-state index in [1.165, 1.54) is 78.3 Å². The van der Waals surface area contributed by atoms with Gasteiger partial charge in [-0.25, -0.2) is 0 Å². The Balaban J connectivity index is 1.11. The monoisotopic (exact) mass is 745 g/mol. The van der Waals surface area contributed by atoms with E-state index in [0.717, 1.165) is 17.1 Å². The van der Waals surface area contributed by atoms with Gasteiger partial charge in [0, 0.05) is 45.2 Å². The minimum Gasteiger partial charge on any atom is -0.311 e. The summed E-state index contributed by atoms with van der Waals surface area (Å²) in [6, 6.07) is 69.8. The van der Waals surface area contributed by atoms with E-state index in [1.807, 2.05) is 0 Å². The quantitative estimate of drug-likeness (QED) is 0.162. The molecule has 0 spiro atoms. The summed E-state index contributed by atoms with van der Waals surface area (Å²) in [5.74, 6) is 0.333. The van der Waals surface area contributed by atoms with Crippen LogP contribution in [0.5, 0.6) is 0 Å². The summed E-state index contributed by atoms with van der Waals surface area (Å²) < 4.78 is 0. The van der Waals surface area contributed by atoms with Crippen molar-refractivity contribution in [3.8, 4) is 11.1 Å². The van der Waals surface area contributed by atoms with Crippen LogP contribution in [0, 0.1) is 0 Å². The standard InChI is InChI=1S/C54H44BN3/c1-36(2)39-34-51-53-52(35-39)58(42-20-16-19-38(33-42)37-17-6-5-7-18-37)50-28-15-11-24-46(50)55(53)45-23-10-14-27-49(45)57(51)41-31-29-40(30-32-41)56-47-25-12-8-21-43(47)54(3,4)44-22-9-13-26-48(44)56/h5-36H,1-4H3. The molecule has 0 saturated carbocycles. The lowest BCUT2D eigenvalue weighted by molar-refractivity contribution is 0.632. The molecule has 0 aromatic heterocycles. The summed E-state index contributed by atoms with van der Waals surface area (Å²) in [6.07, 6.45) is 0. The Bertz CT molecular complexity index is 2830. The average Bonchev–Trinajstić information content (AvgIpc) is 3.27. The molecule has 0 fully saturated rings. The van der Waals surface area contributed by atoms with Gasteiger partial charge < -0.3 is 14.7 Å². The van der Waals surface area contributed by atoms with E-state index in [9.17, 15) is 0 Å². The molecule has 3 nitrogen and oxygen atoms in total. The van der Waals surface area contributed by atoms with Crippen molar-refractivity contribution < 1.29 is 0 Å². The third-order valence-corrected chi connectivity index (χ3v) is 12.8. The number of para-hydroxylation sites is 4. The van der Waals surface area contributed by atoms with Gasteiger partial charge in [-0.05, 0) is 123 Å². The highest BCUT2D eigenvalue weighted by atomic mass is 15.2. The second-order valence-electron chi connectivity index (χ2n) is 16.8. The lowest BCUT2D eigenvalue weighted by Crippen LogP contribution is -2.61. The number of anilines is 9. The Kier molecular flexibility index (Phi) is 7.81. The molecule has 0 aliphatic carbocycles. The molecule has 58 heavy (non-hydrogen) atoms. The highest BCUT2D eigenvalue weighted by molar-refractivity contribution is 7.00. The molecular weight excluding hydrogens is 701 g/mol. The molecule has 3 aliphatic heterocycles. The fraction of sp³-hybridized carbons (Fsp3) is 0.111. The lowest BCUT2D eigenvalue weighted by atomic mass is 9.33. The van der Waals surface area contributed by atoms with E-state index in [0.29, 0.717) is 5.92 Å². The Morgan fingerprint density at radius 3 is 1.40 bits per heavy atom.